The van der Waals surface area contributed by atoms with E-state index in [1.165, 1.54) is 0 Å². The van der Waals surface area contributed by atoms with Gasteiger partial charge in [-0.25, -0.2) is 0 Å². The Bertz CT molecular complexity index is 948. The molecule has 0 bridgehead atoms. The highest BCUT2D eigenvalue weighted by molar-refractivity contribution is 5.94. The van der Waals surface area contributed by atoms with Gasteiger partial charge in [0, 0.05) is 5.92 Å². The van der Waals surface area contributed by atoms with Crippen molar-refractivity contribution in [2.45, 2.75) is 12.3 Å². The number of hydrogen-bond acceptors (Lipinski definition) is 3. The maximum atomic E-state index is 11.7. The van der Waals surface area contributed by atoms with Crippen molar-refractivity contribution in [1.82, 2.24) is 0 Å². The van der Waals surface area contributed by atoms with Crippen LogP contribution in [0.5, 0.6) is 5.75 Å². The Morgan fingerprint density at radius 1 is 0.793 bits per heavy atom. The van der Waals surface area contributed by atoms with E-state index in [1.54, 1.807) is 7.11 Å². The molecule has 0 amide bonds. The van der Waals surface area contributed by atoms with Crippen LogP contribution in [0, 0.1) is 5.92 Å². The second-order valence-corrected chi connectivity index (χ2v) is 6.80. The zero-order valence-electron chi connectivity index (χ0n) is 16.0. The van der Waals surface area contributed by atoms with Gasteiger partial charge in [-0.2, -0.15) is 0 Å². The molecule has 0 spiro atoms. The number of aliphatic carboxylic acids is 2. The predicted molar refractivity (Wildman–Crippen MR) is 110 cm³/mol. The lowest BCUT2D eigenvalue weighted by atomic mass is 9.81. The zero-order chi connectivity index (χ0) is 20.8. The molecule has 0 aliphatic rings. The first-order chi connectivity index (χ1) is 14.0. The van der Waals surface area contributed by atoms with Crippen molar-refractivity contribution in [3.8, 4) is 16.9 Å². The second-order valence-electron chi connectivity index (χ2n) is 6.80. The molecule has 0 aliphatic carbocycles. The number of rotatable bonds is 8. The molecule has 5 heteroatoms. The van der Waals surface area contributed by atoms with E-state index in [4.69, 9.17) is 4.74 Å². The van der Waals surface area contributed by atoms with E-state index >= 15 is 0 Å². The molecule has 0 saturated heterocycles. The molecule has 0 aromatic heterocycles. The molecule has 5 nitrogen and oxygen atoms in total. The summed E-state index contributed by atoms with van der Waals surface area (Å²) in [5, 5.41) is 19.1. The van der Waals surface area contributed by atoms with Crippen molar-refractivity contribution < 1.29 is 24.5 Å². The third-order valence-electron chi connectivity index (χ3n) is 5.00. The summed E-state index contributed by atoms with van der Waals surface area (Å²) in [5.41, 5.74) is 3.52. The number of ether oxygens (including phenoxy) is 1. The van der Waals surface area contributed by atoms with Crippen LogP contribution in [0.15, 0.2) is 78.9 Å². The molecule has 29 heavy (non-hydrogen) atoms. The number of benzene rings is 3. The molecule has 0 heterocycles. The first kappa shape index (κ1) is 20.1. The van der Waals surface area contributed by atoms with Crippen molar-refractivity contribution in [2.75, 3.05) is 7.11 Å². The van der Waals surface area contributed by atoms with E-state index in [0.717, 1.165) is 22.4 Å². The van der Waals surface area contributed by atoms with Gasteiger partial charge >= 0.3 is 11.9 Å². The lowest BCUT2D eigenvalue weighted by molar-refractivity contribution is -0.155. The summed E-state index contributed by atoms with van der Waals surface area (Å²) in [7, 11) is 1.61. The Morgan fingerprint density at radius 2 is 1.31 bits per heavy atom. The normalized spacial score (nSPS) is 11.8. The Morgan fingerprint density at radius 3 is 1.79 bits per heavy atom. The molecule has 3 aromatic carbocycles. The van der Waals surface area contributed by atoms with Gasteiger partial charge in [-0.3, -0.25) is 9.59 Å². The van der Waals surface area contributed by atoms with Gasteiger partial charge in [0.2, 0.25) is 0 Å². The highest BCUT2D eigenvalue weighted by Gasteiger charge is 2.36. The van der Waals surface area contributed by atoms with Crippen LogP contribution in [0.1, 0.15) is 17.0 Å². The molecular formula is C24H22O5. The molecule has 0 saturated carbocycles. The van der Waals surface area contributed by atoms with Crippen molar-refractivity contribution in [1.29, 1.82) is 0 Å². The van der Waals surface area contributed by atoms with Gasteiger partial charge in [0.15, 0.2) is 5.92 Å². The predicted octanol–water partition coefficient (Wildman–Crippen LogP) is 4.47. The Labute approximate surface area is 169 Å². The lowest BCUT2D eigenvalue weighted by Gasteiger charge is -2.22. The number of carbonyl (C=O) groups is 2. The first-order valence-electron chi connectivity index (χ1n) is 9.23. The van der Waals surface area contributed by atoms with Crippen LogP contribution in [-0.2, 0) is 16.0 Å². The average molecular weight is 390 g/mol. The minimum atomic E-state index is -1.53. The van der Waals surface area contributed by atoms with Gasteiger partial charge < -0.3 is 14.9 Å². The topological polar surface area (TPSA) is 83.8 Å². The van der Waals surface area contributed by atoms with E-state index in [9.17, 15) is 19.8 Å². The summed E-state index contributed by atoms with van der Waals surface area (Å²) in [6, 6.07) is 24.3. The van der Waals surface area contributed by atoms with Crippen molar-refractivity contribution >= 4 is 11.9 Å². The molecule has 1 atom stereocenters. The quantitative estimate of drug-likeness (QED) is 0.554. The van der Waals surface area contributed by atoms with Gasteiger partial charge in [0.1, 0.15) is 5.75 Å². The molecule has 0 fully saturated rings. The van der Waals surface area contributed by atoms with Crippen LogP contribution >= 0.6 is 0 Å². The third-order valence-corrected chi connectivity index (χ3v) is 5.00. The fraction of sp³-hybridized carbons (Fsp3) is 0.167. The summed E-state index contributed by atoms with van der Waals surface area (Å²) in [4.78, 5) is 23.4. The molecule has 3 aromatic rings. The van der Waals surface area contributed by atoms with Gasteiger partial charge in [-0.1, -0.05) is 66.7 Å². The second kappa shape index (κ2) is 9.06. The van der Waals surface area contributed by atoms with Gasteiger partial charge in [0.25, 0.3) is 0 Å². The minimum absolute atomic E-state index is 0.325. The molecule has 0 radical (unpaired) electrons. The van der Waals surface area contributed by atoms with Crippen LogP contribution in [0.3, 0.4) is 0 Å². The molecule has 1 unspecified atom stereocenters. The zero-order valence-corrected chi connectivity index (χ0v) is 16.0. The monoisotopic (exact) mass is 390 g/mol. The number of carboxylic acid groups (broad SMARTS) is 2. The maximum Gasteiger partial charge on any atom is 0.318 e. The minimum Gasteiger partial charge on any atom is -0.497 e. The van der Waals surface area contributed by atoms with E-state index in [1.807, 2.05) is 78.9 Å². The van der Waals surface area contributed by atoms with E-state index < -0.39 is 23.8 Å². The van der Waals surface area contributed by atoms with Crippen molar-refractivity contribution in [3.05, 3.63) is 90.0 Å². The molecule has 2 N–H and O–H groups in total. The van der Waals surface area contributed by atoms with Crippen LogP contribution in [0.25, 0.3) is 11.1 Å². The summed E-state index contributed by atoms with van der Waals surface area (Å²) in [6.07, 6.45) is 0.325. The van der Waals surface area contributed by atoms with Crippen LogP contribution in [0.4, 0.5) is 0 Å². The number of hydrogen-bond donors (Lipinski definition) is 2. The SMILES string of the molecule is COc1ccc(-c2ccc(C(Cc3ccccc3)C(C(=O)O)C(=O)O)cc2)cc1. The lowest BCUT2D eigenvalue weighted by Crippen LogP contribution is -2.31. The van der Waals surface area contributed by atoms with E-state index in [0.29, 0.717) is 12.0 Å². The van der Waals surface area contributed by atoms with Gasteiger partial charge in [-0.15, -0.1) is 0 Å². The third kappa shape index (κ3) is 4.82. The molecule has 0 aliphatic heterocycles. The highest BCUT2D eigenvalue weighted by Crippen LogP contribution is 2.32. The summed E-state index contributed by atoms with van der Waals surface area (Å²) < 4.78 is 5.17. The van der Waals surface area contributed by atoms with Crippen LogP contribution < -0.4 is 4.74 Å². The fourth-order valence-electron chi connectivity index (χ4n) is 3.45. The maximum absolute atomic E-state index is 11.7. The van der Waals surface area contributed by atoms with Crippen LogP contribution in [-0.4, -0.2) is 29.3 Å². The fourth-order valence-corrected chi connectivity index (χ4v) is 3.45. The van der Waals surface area contributed by atoms with Crippen molar-refractivity contribution in [2.24, 2.45) is 5.92 Å². The van der Waals surface area contributed by atoms with E-state index in [-0.39, 0.29) is 0 Å². The van der Waals surface area contributed by atoms with Gasteiger partial charge in [-0.05, 0) is 40.8 Å². The Balaban J connectivity index is 1.94. The molecule has 148 valence electrons. The standard InChI is InChI=1S/C24H22O5/c1-29-20-13-11-18(12-14-20)17-7-9-19(10-8-17)21(22(23(25)26)24(27)28)15-16-5-3-2-4-6-16/h2-14,21-22H,15H2,1H3,(H,25,26)(H,27,28). The molecule has 3 rings (SSSR count). The summed E-state index contributed by atoms with van der Waals surface area (Å²) in [5.74, 6) is -4.12. The highest BCUT2D eigenvalue weighted by atomic mass is 16.5. The largest absolute Gasteiger partial charge is 0.497 e. The number of methoxy groups -OCH3 is 1. The smallest absolute Gasteiger partial charge is 0.318 e. The number of carboxylic acids is 2. The van der Waals surface area contributed by atoms with Gasteiger partial charge in [0.05, 0.1) is 7.11 Å². The molecular weight excluding hydrogens is 368 g/mol. The first-order valence-corrected chi connectivity index (χ1v) is 9.23. The van der Waals surface area contributed by atoms with Crippen molar-refractivity contribution in [3.63, 3.8) is 0 Å². The summed E-state index contributed by atoms with van der Waals surface area (Å²) in [6.45, 7) is 0. The summed E-state index contributed by atoms with van der Waals surface area (Å²) >= 11 is 0. The van der Waals surface area contributed by atoms with E-state index in [2.05, 4.69) is 0 Å². The van der Waals surface area contributed by atoms with Crippen LogP contribution in [0.2, 0.25) is 0 Å². The Kier molecular flexibility index (Phi) is 6.29. The Hall–Kier alpha value is -3.60. The average Bonchev–Trinajstić information content (AvgIpc) is 2.74.